The van der Waals surface area contributed by atoms with Gasteiger partial charge in [-0.25, -0.2) is 4.79 Å². The molecule has 5 nitrogen and oxygen atoms in total. The molecule has 0 amide bonds. The van der Waals surface area contributed by atoms with Gasteiger partial charge in [0.2, 0.25) is 0 Å². The van der Waals surface area contributed by atoms with Crippen LogP contribution in [0.3, 0.4) is 0 Å². The lowest BCUT2D eigenvalue weighted by Gasteiger charge is -2.28. The molecule has 1 aliphatic heterocycles. The molecule has 1 atom stereocenters. The van der Waals surface area contributed by atoms with Crippen LogP contribution in [0, 0.1) is 0 Å². The molecule has 2 rings (SSSR count). The third-order valence-corrected chi connectivity index (χ3v) is 2.77. The fourth-order valence-electron chi connectivity index (χ4n) is 1.76. The van der Waals surface area contributed by atoms with Crippen LogP contribution in [0.2, 0.25) is 0 Å². The van der Waals surface area contributed by atoms with Crippen molar-refractivity contribution in [2.75, 3.05) is 7.11 Å². The van der Waals surface area contributed by atoms with Gasteiger partial charge >= 0.3 is 5.97 Å². The topological polar surface area (TPSA) is 63.5 Å². The van der Waals surface area contributed by atoms with Crippen LogP contribution in [-0.4, -0.2) is 18.2 Å². The number of allylic oxidation sites excluding steroid dienone is 1. The molecule has 1 aromatic heterocycles. The zero-order chi connectivity index (χ0) is 12.4. The Morgan fingerprint density at radius 2 is 2.35 bits per heavy atom. The summed E-state index contributed by atoms with van der Waals surface area (Å²) in [4.78, 5) is 11.8. The third kappa shape index (κ3) is 2.16. The minimum absolute atomic E-state index is 0.338. The highest BCUT2D eigenvalue weighted by Gasteiger charge is 2.30. The van der Waals surface area contributed by atoms with Crippen molar-refractivity contribution in [3.63, 3.8) is 0 Å². The van der Waals surface area contributed by atoms with Gasteiger partial charge in [-0.3, -0.25) is 0 Å². The summed E-state index contributed by atoms with van der Waals surface area (Å²) in [6, 6.07) is 1.44. The van der Waals surface area contributed by atoms with E-state index in [4.69, 9.17) is 21.4 Å². The molecule has 6 heteroatoms. The molecule has 1 unspecified atom stereocenters. The van der Waals surface area contributed by atoms with E-state index in [0.717, 1.165) is 5.56 Å². The van der Waals surface area contributed by atoms with Crippen LogP contribution in [0.1, 0.15) is 18.5 Å². The summed E-state index contributed by atoms with van der Waals surface area (Å²) < 4.78 is 9.79. The summed E-state index contributed by atoms with van der Waals surface area (Å²) >= 11 is 5.07. The first kappa shape index (κ1) is 11.7. The fourth-order valence-corrected chi connectivity index (χ4v) is 2.03. The van der Waals surface area contributed by atoms with E-state index in [2.05, 4.69) is 10.6 Å². The first-order valence-electron chi connectivity index (χ1n) is 5.02. The van der Waals surface area contributed by atoms with E-state index in [1.807, 2.05) is 0 Å². The van der Waals surface area contributed by atoms with E-state index in [-0.39, 0.29) is 6.04 Å². The molecular weight excluding hydrogens is 240 g/mol. The summed E-state index contributed by atoms with van der Waals surface area (Å²) in [5.74, 6) is -0.392. The average molecular weight is 252 g/mol. The summed E-state index contributed by atoms with van der Waals surface area (Å²) in [7, 11) is 1.35. The summed E-state index contributed by atoms with van der Waals surface area (Å²) in [5.41, 5.74) is 2.02. The van der Waals surface area contributed by atoms with Gasteiger partial charge < -0.3 is 19.8 Å². The number of furan rings is 1. The molecule has 0 radical (unpaired) electrons. The second-order valence-electron chi connectivity index (χ2n) is 3.62. The number of thiocarbonyl (C=S) groups is 1. The maximum atomic E-state index is 11.8. The van der Waals surface area contributed by atoms with Crippen LogP contribution in [0.5, 0.6) is 0 Å². The van der Waals surface area contributed by atoms with Gasteiger partial charge in [-0.2, -0.15) is 0 Å². The molecule has 0 fully saturated rings. The van der Waals surface area contributed by atoms with Gasteiger partial charge in [0.05, 0.1) is 31.3 Å². The molecule has 0 bridgehead atoms. The van der Waals surface area contributed by atoms with Crippen molar-refractivity contribution in [1.82, 2.24) is 10.6 Å². The zero-order valence-corrected chi connectivity index (χ0v) is 10.3. The van der Waals surface area contributed by atoms with E-state index in [0.29, 0.717) is 16.4 Å². The quantitative estimate of drug-likeness (QED) is 0.610. The van der Waals surface area contributed by atoms with Crippen molar-refractivity contribution in [3.8, 4) is 0 Å². The average Bonchev–Trinajstić information content (AvgIpc) is 2.80. The Balaban J connectivity index is 2.44. The molecule has 0 saturated carbocycles. The highest BCUT2D eigenvalue weighted by molar-refractivity contribution is 7.80. The number of rotatable bonds is 2. The number of ether oxygens (including phenoxy) is 1. The van der Waals surface area contributed by atoms with E-state index in [1.54, 1.807) is 25.5 Å². The number of carbonyl (C=O) groups excluding carboxylic acids is 1. The Morgan fingerprint density at radius 1 is 1.59 bits per heavy atom. The largest absolute Gasteiger partial charge is 0.472 e. The van der Waals surface area contributed by atoms with E-state index >= 15 is 0 Å². The maximum Gasteiger partial charge on any atom is 0.337 e. The monoisotopic (exact) mass is 252 g/mol. The summed E-state index contributed by atoms with van der Waals surface area (Å²) in [6.45, 7) is 1.78. The number of methoxy groups -OCH3 is 1. The van der Waals surface area contributed by atoms with Gasteiger partial charge in [-0.1, -0.05) is 0 Å². The third-order valence-electron chi connectivity index (χ3n) is 2.55. The SMILES string of the molecule is COC(=O)C1=C(C)NC(=S)NC1c1ccoc1. The van der Waals surface area contributed by atoms with Gasteiger partial charge in [0.25, 0.3) is 0 Å². The van der Waals surface area contributed by atoms with Gasteiger partial charge in [-0.15, -0.1) is 0 Å². The van der Waals surface area contributed by atoms with Gasteiger partial charge in [0, 0.05) is 11.3 Å². The van der Waals surface area contributed by atoms with Crippen molar-refractivity contribution in [2.24, 2.45) is 0 Å². The summed E-state index contributed by atoms with van der Waals surface area (Å²) in [5, 5.41) is 6.39. The molecule has 0 saturated heterocycles. The second kappa shape index (κ2) is 4.58. The zero-order valence-electron chi connectivity index (χ0n) is 9.44. The molecule has 90 valence electrons. The highest BCUT2D eigenvalue weighted by Crippen LogP contribution is 2.27. The lowest BCUT2D eigenvalue weighted by Crippen LogP contribution is -2.44. The van der Waals surface area contributed by atoms with E-state index in [9.17, 15) is 4.79 Å². The Bertz CT molecular complexity index is 479. The molecule has 1 aliphatic rings. The first-order chi connectivity index (χ1) is 8.13. The normalized spacial score (nSPS) is 19.6. The first-order valence-corrected chi connectivity index (χ1v) is 5.43. The Kier molecular flexibility index (Phi) is 3.14. The fraction of sp³-hybridized carbons (Fsp3) is 0.273. The lowest BCUT2D eigenvalue weighted by atomic mass is 9.98. The number of carbonyl (C=O) groups is 1. The Morgan fingerprint density at radius 3 is 2.94 bits per heavy atom. The number of hydrogen-bond donors (Lipinski definition) is 2. The number of nitrogens with one attached hydrogen (secondary N) is 2. The standard InChI is InChI=1S/C11H12N2O3S/c1-6-8(10(14)15-2)9(13-11(17)12-6)7-3-4-16-5-7/h3-5,9H,1-2H3,(H2,12,13,17). The van der Waals surface area contributed by atoms with Crippen molar-refractivity contribution in [3.05, 3.63) is 35.4 Å². The number of hydrogen-bond acceptors (Lipinski definition) is 4. The lowest BCUT2D eigenvalue weighted by molar-refractivity contribution is -0.136. The van der Waals surface area contributed by atoms with Crippen molar-refractivity contribution in [1.29, 1.82) is 0 Å². The van der Waals surface area contributed by atoms with Crippen molar-refractivity contribution >= 4 is 23.3 Å². The van der Waals surface area contributed by atoms with Gasteiger partial charge in [-0.05, 0) is 25.2 Å². The summed E-state index contributed by atoms with van der Waals surface area (Å²) in [6.07, 6.45) is 3.12. The maximum absolute atomic E-state index is 11.8. The molecule has 0 aliphatic carbocycles. The number of esters is 1. The molecule has 2 heterocycles. The molecule has 0 spiro atoms. The van der Waals surface area contributed by atoms with Crippen LogP contribution in [0.4, 0.5) is 0 Å². The predicted molar refractivity (Wildman–Crippen MR) is 65.0 cm³/mol. The Hall–Kier alpha value is -1.82. The molecule has 2 N–H and O–H groups in total. The van der Waals surface area contributed by atoms with Crippen LogP contribution in [0.15, 0.2) is 34.3 Å². The van der Waals surface area contributed by atoms with Gasteiger partial charge in [0.15, 0.2) is 5.11 Å². The van der Waals surface area contributed by atoms with Crippen molar-refractivity contribution < 1.29 is 13.9 Å². The van der Waals surface area contributed by atoms with Crippen LogP contribution in [-0.2, 0) is 9.53 Å². The minimum Gasteiger partial charge on any atom is -0.472 e. The smallest absolute Gasteiger partial charge is 0.337 e. The van der Waals surface area contributed by atoms with Gasteiger partial charge in [0.1, 0.15) is 0 Å². The Labute approximate surface area is 104 Å². The van der Waals surface area contributed by atoms with Crippen LogP contribution >= 0.6 is 12.2 Å². The van der Waals surface area contributed by atoms with Crippen LogP contribution < -0.4 is 10.6 Å². The van der Waals surface area contributed by atoms with Crippen LogP contribution in [0.25, 0.3) is 0 Å². The van der Waals surface area contributed by atoms with Crippen molar-refractivity contribution in [2.45, 2.75) is 13.0 Å². The minimum atomic E-state index is -0.392. The molecule has 1 aromatic rings. The predicted octanol–water partition coefficient (Wildman–Crippen LogP) is 1.25. The molecule has 17 heavy (non-hydrogen) atoms. The molecule has 0 aromatic carbocycles. The van der Waals surface area contributed by atoms with E-state index < -0.39 is 5.97 Å². The second-order valence-corrected chi connectivity index (χ2v) is 4.03. The molecular formula is C11H12N2O3S. The highest BCUT2D eigenvalue weighted by atomic mass is 32.1. The van der Waals surface area contributed by atoms with E-state index in [1.165, 1.54) is 7.11 Å².